The van der Waals surface area contributed by atoms with Crippen LogP contribution in [-0.2, 0) is 9.59 Å². The van der Waals surface area contributed by atoms with Crippen LogP contribution in [0.2, 0.25) is 0 Å². The highest BCUT2D eigenvalue weighted by atomic mass is 16.4. The summed E-state index contributed by atoms with van der Waals surface area (Å²) in [6.07, 6.45) is 1.44. The molecule has 0 saturated carbocycles. The standard InChI is InChI=1S/C11H19N3O4/c12-9(15)4-1-5-10(16)13-8-3-2-6-14(7-8)11(17)18/h8H,1-7H2,(H2,12,15)(H,13,16)(H,17,18). The Morgan fingerprint density at radius 3 is 2.67 bits per heavy atom. The summed E-state index contributed by atoms with van der Waals surface area (Å²) in [5.41, 5.74) is 4.97. The minimum atomic E-state index is -0.956. The maximum absolute atomic E-state index is 11.5. The number of carboxylic acid groups (broad SMARTS) is 1. The number of piperidine rings is 1. The van der Waals surface area contributed by atoms with E-state index in [4.69, 9.17) is 10.8 Å². The molecule has 1 aliphatic rings. The molecule has 0 radical (unpaired) electrons. The first kappa shape index (κ1) is 14.3. The van der Waals surface area contributed by atoms with Crippen molar-refractivity contribution >= 4 is 17.9 Å². The lowest BCUT2D eigenvalue weighted by Crippen LogP contribution is -2.49. The maximum Gasteiger partial charge on any atom is 0.407 e. The predicted octanol–water partition coefficient (Wildman–Crippen LogP) is -0.0994. The summed E-state index contributed by atoms with van der Waals surface area (Å²) < 4.78 is 0. The van der Waals surface area contributed by atoms with Crippen molar-refractivity contribution in [3.05, 3.63) is 0 Å². The van der Waals surface area contributed by atoms with Crippen LogP contribution in [-0.4, -0.2) is 47.0 Å². The van der Waals surface area contributed by atoms with Crippen molar-refractivity contribution in [3.63, 3.8) is 0 Å². The smallest absolute Gasteiger partial charge is 0.407 e. The number of primary amides is 1. The second kappa shape index (κ2) is 6.83. The molecule has 102 valence electrons. The van der Waals surface area contributed by atoms with Gasteiger partial charge in [0.1, 0.15) is 0 Å². The average Bonchev–Trinajstić information content (AvgIpc) is 2.28. The predicted molar refractivity (Wildman–Crippen MR) is 63.8 cm³/mol. The number of nitrogens with two attached hydrogens (primary N) is 1. The Balaban J connectivity index is 2.26. The van der Waals surface area contributed by atoms with Gasteiger partial charge in [0, 0.05) is 32.0 Å². The molecule has 1 aliphatic heterocycles. The first-order valence-electron chi connectivity index (χ1n) is 6.04. The molecule has 0 aromatic carbocycles. The molecule has 1 fully saturated rings. The molecule has 3 amide bonds. The van der Waals surface area contributed by atoms with Crippen molar-refractivity contribution in [2.45, 2.75) is 38.1 Å². The van der Waals surface area contributed by atoms with Gasteiger partial charge in [-0.1, -0.05) is 0 Å². The molecule has 1 saturated heterocycles. The van der Waals surface area contributed by atoms with E-state index in [0.29, 0.717) is 19.5 Å². The van der Waals surface area contributed by atoms with Crippen LogP contribution in [0.25, 0.3) is 0 Å². The monoisotopic (exact) mass is 257 g/mol. The van der Waals surface area contributed by atoms with Gasteiger partial charge >= 0.3 is 6.09 Å². The van der Waals surface area contributed by atoms with Crippen LogP contribution in [0.1, 0.15) is 32.1 Å². The number of hydrogen-bond acceptors (Lipinski definition) is 3. The van der Waals surface area contributed by atoms with E-state index < -0.39 is 12.0 Å². The van der Waals surface area contributed by atoms with Crippen LogP contribution in [0, 0.1) is 0 Å². The van der Waals surface area contributed by atoms with E-state index in [-0.39, 0.29) is 24.8 Å². The van der Waals surface area contributed by atoms with Gasteiger partial charge in [-0.3, -0.25) is 9.59 Å². The summed E-state index contributed by atoms with van der Waals surface area (Å²) in [6, 6.07) is -0.129. The number of carbonyl (C=O) groups excluding carboxylic acids is 2. The van der Waals surface area contributed by atoms with E-state index in [0.717, 1.165) is 12.8 Å². The highest BCUT2D eigenvalue weighted by molar-refractivity contribution is 5.78. The van der Waals surface area contributed by atoms with E-state index in [9.17, 15) is 14.4 Å². The van der Waals surface area contributed by atoms with Gasteiger partial charge in [-0.15, -0.1) is 0 Å². The van der Waals surface area contributed by atoms with Crippen molar-refractivity contribution in [2.75, 3.05) is 13.1 Å². The highest BCUT2D eigenvalue weighted by Crippen LogP contribution is 2.10. The number of likely N-dealkylation sites (tertiary alicyclic amines) is 1. The fourth-order valence-corrected chi connectivity index (χ4v) is 1.99. The third kappa shape index (κ3) is 5.03. The lowest BCUT2D eigenvalue weighted by molar-refractivity contribution is -0.122. The normalized spacial score (nSPS) is 19.3. The zero-order valence-corrected chi connectivity index (χ0v) is 10.2. The highest BCUT2D eigenvalue weighted by Gasteiger charge is 2.23. The Bertz CT molecular complexity index is 332. The molecular weight excluding hydrogens is 238 g/mol. The topological polar surface area (TPSA) is 113 Å². The van der Waals surface area contributed by atoms with Crippen molar-refractivity contribution in [3.8, 4) is 0 Å². The quantitative estimate of drug-likeness (QED) is 0.638. The fourth-order valence-electron chi connectivity index (χ4n) is 1.99. The third-order valence-corrected chi connectivity index (χ3v) is 2.88. The molecule has 1 unspecified atom stereocenters. The second-order valence-corrected chi connectivity index (χ2v) is 4.46. The molecule has 7 heteroatoms. The second-order valence-electron chi connectivity index (χ2n) is 4.46. The van der Waals surface area contributed by atoms with Gasteiger partial charge in [-0.2, -0.15) is 0 Å². The molecule has 0 aliphatic carbocycles. The Kier molecular flexibility index (Phi) is 5.41. The molecule has 0 aromatic heterocycles. The van der Waals surface area contributed by atoms with Crippen molar-refractivity contribution < 1.29 is 19.5 Å². The summed E-state index contributed by atoms with van der Waals surface area (Å²) >= 11 is 0. The van der Waals surface area contributed by atoms with E-state index in [1.54, 1.807) is 0 Å². The molecule has 18 heavy (non-hydrogen) atoms. The number of carbonyl (C=O) groups is 3. The van der Waals surface area contributed by atoms with Gasteiger partial charge in [0.25, 0.3) is 0 Å². The molecule has 0 aromatic rings. The summed E-state index contributed by atoms with van der Waals surface area (Å²) in [5.74, 6) is -0.578. The summed E-state index contributed by atoms with van der Waals surface area (Å²) in [5, 5.41) is 11.6. The van der Waals surface area contributed by atoms with Crippen molar-refractivity contribution in [1.82, 2.24) is 10.2 Å². The molecule has 0 bridgehead atoms. The Morgan fingerprint density at radius 2 is 2.06 bits per heavy atom. The zero-order chi connectivity index (χ0) is 13.5. The van der Waals surface area contributed by atoms with Crippen LogP contribution in [0.4, 0.5) is 4.79 Å². The number of nitrogens with one attached hydrogen (secondary N) is 1. The van der Waals surface area contributed by atoms with Crippen molar-refractivity contribution in [1.29, 1.82) is 0 Å². The molecule has 0 spiro atoms. The van der Waals surface area contributed by atoms with Gasteiger partial charge in [-0.05, 0) is 19.3 Å². The molecule has 4 N–H and O–H groups in total. The zero-order valence-electron chi connectivity index (χ0n) is 10.2. The number of rotatable bonds is 5. The van der Waals surface area contributed by atoms with Crippen LogP contribution < -0.4 is 11.1 Å². The Labute approximate surface area is 105 Å². The van der Waals surface area contributed by atoms with Gasteiger partial charge in [0.15, 0.2) is 0 Å². The van der Waals surface area contributed by atoms with Gasteiger partial charge < -0.3 is 21.1 Å². The van der Waals surface area contributed by atoms with E-state index in [2.05, 4.69) is 5.32 Å². The van der Waals surface area contributed by atoms with E-state index in [1.165, 1.54) is 4.90 Å². The van der Waals surface area contributed by atoms with Gasteiger partial charge in [-0.25, -0.2) is 4.79 Å². The largest absolute Gasteiger partial charge is 0.465 e. The van der Waals surface area contributed by atoms with E-state index >= 15 is 0 Å². The lowest BCUT2D eigenvalue weighted by Gasteiger charge is -2.31. The average molecular weight is 257 g/mol. The fraction of sp³-hybridized carbons (Fsp3) is 0.727. The Morgan fingerprint density at radius 1 is 1.33 bits per heavy atom. The van der Waals surface area contributed by atoms with Crippen molar-refractivity contribution in [2.24, 2.45) is 5.73 Å². The molecule has 1 atom stereocenters. The van der Waals surface area contributed by atoms with Gasteiger partial charge in [0.05, 0.1) is 0 Å². The van der Waals surface area contributed by atoms with Crippen LogP contribution in [0.15, 0.2) is 0 Å². The molecule has 1 rings (SSSR count). The maximum atomic E-state index is 11.5. The third-order valence-electron chi connectivity index (χ3n) is 2.88. The minimum Gasteiger partial charge on any atom is -0.465 e. The molecular formula is C11H19N3O4. The van der Waals surface area contributed by atoms with E-state index in [1.807, 2.05) is 0 Å². The van der Waals surface area contributed by atoms with Crippen LogP contribution >= 0.6 is 0 Å². The Hall–Kier alpha value is -1.79. The number of amides is 3. The number of hydrogen-bond donors (Lipinski definition) is 3. The molecule has 7 nitrogen and oxygen atoms in total. The molecule has 1 heterocycles. The van der Waals surface area contributed by atoms with Gasteiger partial charge in [0.2, 0.25) is 11.8 Å². The number of nitrogens with zero attached hydrogens (tertiary/aromatic N) is 1. The minimum absolute atomic E-state index is 0.129. The summed E-state index contributed by atoms with van der Waals surface area (Å²) in [7, 11) is 0. The van der Waals surface area contributed by atoms with Crippen LogP contribution in [0.5, 0.6) is 0 Å². The lowest BCUT2D eigenvalue weighted by atomic mass is 10.1. The summed E-state index contributed by atoms with van der Waals surface area (Å²) in [4.78, 5) is 34.1. The van der Waals surface area contributed by atoms with Crippen LogP contribution in [0.3, 0.4) is 0 Å². The SMILES string of the molecule is NC(=O)CCCC(=O)NC1CCCN(C(=O)O)C1. The summed E-state index contributed by atoms with van der Waals surface area (Å²) in [6.45, 7) is 0.847. The first-order chi connectivity index (χ1) is 8.49. The first-order valence-corrected chi connectivity index (χ1v) is 6.04.